The first-order valence-electron chi connectivity index (χ1n) is 10.6. The molecule has 0 heterocycles. The summed E-state index contributed by atoms with van der Waals surface area (Å²) in [6.07, 6.45) is 0.945. The second-order valence-electron chi connectivity index (χ2n) is 7.56. The number of carboxylic acid groups (broad SMARTS) is 1. The number of nitrogens with one attached hydrogen (secondary N) is 1. The molecule has 0 aliphatic carbocycles. The summed E-state index contributed by atoms with van der Waals surface area (Å²) in [5.41, 5.74) is 2.09. The predicted molar refractivity (Wildman–Crippen MR) is 122 cm³/mol. The SMILES string of the molecule is CC[C@@H](Cc1ccc(OC)c(CNC(=O)c2ccc(Oc3ccc(F)cc3)cc2)c1)C(=O)O. The summed E-state index contributed by atoms with van der Waals surface area (Å²) in [6, 6.07) is 17.8. The van der Waals surface area contributed by atoms with Crippen LogP contribution in [0.25, 0.3) is 0 Å². The molecule has 1 atom stereocenters. The molecule has 3 aromatic rings. The molecule has 7 heteroatoms. The number of methoxy groups -OCH3 is 1. The summed E-state index contributed by atoms with van der Waals surface area (Å²) in [5.74, 6) is -0.265. The molecular formula is C26H26FNO5. The first-order valence-corrected chi connectivity index (χ1v) is 10.6. The van der Waals surface area contributed by atoms with Gasteiger partial charge in [0, 0.05) is 17.7 Å². The van der Waals surface area contributed by atoms with Gasteiger partial charge in [-0.25, -0.2) is 4.39 Å². The summed E-state index contributed by atoms with van der Waals surface area (Å²) in [4.78, 5) is 24.0. The standard InChI is InChI=1S/C26H26FNO5/c1-3-18(26(30)31)14-17-4-13-24(32-2)20(15-17)16-28-25(29)19-5-9-22(10-6-19)33-23-11-7-21(27)8-12-23/h4-13,15,18H,3,14,16H2,1-2H3,(H,28,29)(H,30,31)/t18-/m0/s1. The van der Waals surface area contributed by atoms with Gasteiger partial charge in [0.25, 0.3) is 5.91 Å². The van der Waals surface area contributed by atoms with E-state index >= 15 is 0 Å². The van der Waals surface area contributed by atoms with Gasteiger partial charge in [0.05, 0.1) is 13.0 Å². The molecule has 0 fully saturated rings. The van der Waals surface area contributed by atoms with Gasteiger partial charge in [-0.3, -0.25) is 9.59 Å². The largest absolute Gasteiger partial charge is 0.496 e. The van der Waals surface area contributed by atoms with Crippen LogP contribution >= 0.6 is 0 Å². The second kappa shape index (κ2) is 11.1. The molecule has 0 unspecified atom stereocenters. The minimum atomic E-state index is -0.824. The quantitative estimate of drug-likeness (QED) is 0.442. The van der Waals surface area contributed by atoms with E-state index in [0.29, 0.717) is 35.7 Å². The molecule has 0 saturated carbocycles. The minimum Gasteiger partial charge on any atom is -0.496 e. The number of ether oxygens (including phenoxy) is 2. The zero-order valence-electron chi connectivity index (χ0n) is 18.5. The fourth-order valence-corrected chi connectivity index (χ4v) is 3.38. The third-order valence-corrected chi connectivity index (χ3v) is 5.27. The zero-order chi connectivity index (χ0) is 23.8. The maximum atomic E-state index is 13.0. The van der Waals surface area contributed by atoms with Crippen LogP contribution in [0.3, 0.4) is 0 Å². The van der Waals surface area contributed by atoms with Gasteiger partial charge >= 0.3 is 5.97 Å². The predicted octanol–water partition coefficient (Wildman–Crippen LogP) is 5.21. The molecule has 0 radical (unpaired) electrons. The Labute approximate surface area is 192 Å². The number of amides is 1. The van der Waals surface area contributed by atoms with Gasteiger partial charge in [0.1, 0.15) is 23.1 Å². The maximum absolute atomic E-state index is 13.0. The molecule has 0 aromatic heterocycles. The van der Waals surface area contributed by atoms with Gasteiger partial charge in [-0.15, -0.1) is 0 Å². The molecule has 0 aliphatic rings. The number of rotatable bonds is 10. The third kappa shape index (κ3) is 6.55. The van der Waals surface area contributed by atoms with Crippen molar-refractivity contribution in [2.75, 3.05) is 7.11 Å². The number of benzene rings is 3. The smallest absolute Gasteiger partial charge is 0.306 e. The number of hydrogen-bond acceptors (Lipinski definition) is 4. The molecule has 0 saturated heterocycles. The van der Waals surface area contributed by atoms with Crippen LogP contribution in [0, 0.1) is 11.7 Å². The lowest BCUT2D eigenvalue weighted by Gasteiger charge is -2.14. The van der Waals surface area contributed by atoms with Crippen molar-refractivity contribution in [2.24, 2.45) is 5.92 Å². The van der Waals surface area contributed by atoms with E-state index in [2.05, 4.69) is 5.32 Å². The average Bonchev–Trinajstić information content (AvgIpc) is 2.82. The number of aliphatic carboxylic acids is 1. The van der Waals surface area contributed by atoms with E-state index in [-0.39, 0.29) is 18.3 Å². The van der Waals surface area contributed by atoms with Crippen molar-refractivity contribution in [3.63, 3.8) is 0 Å². The van der Waals surface area contributed by atoms with Crippen molar-refractivity contribution < 1.29 is 28.6 Å². The van der Waals surface area contributed by atoms with Crippen LogP contribution < -0.4 is 14.8 Å². The van der Waals surface area contributed by atoms with Crippen LogP contribution in [0.5, 0.6) is 17.2 Å². The van der Waals surface area contributed by atoms with Crippen LogP contribution in [-0.2, 0) is 17.8 Å². The van der Waals surface area contributed by atoms with E-state index < -0.39 is 11.9 Å². The summed E-state index contributed by atoms with van der Waals surface area (Å²) >= 11 is 0. The maximum Gasteiger partial charge on any atom is 0.306 e. The van der Waals surface area contributed by atoms with Crippen molar-refractivity contribution in [3.05, 3.63) is 89.2 Å². The van der Waals surface area contributed by atoms with Gasteiger partial charge in [0.2, 0.25) is 0 Å². The lowest BCUT2D eigenvalue weighted by Crippen LogP contribution is -2.23. The molecule has 0 aliphatic heterocycles. The molecule has 0 bridgehead atoms. The van der Waals surface area contributed by atoms with E-state index in [4.69, 9.17) is 9.47 Å². The Hall–Kier alpha value is -3.87. The van der Waals surface area contributed by atoms with E-state index in [0.717, 1.165) is 11.1 Å². The van der Waals surface area contributed by atoms with Crippen LogP contribution in [-0.4, -0.2) is 24.1 Å². The van der Waals surface area contributed by atoms with Crippen molar-refractivity contribution in [1.29, 1.82) is 0 Å². The first-order chi connectivity index (χ1) is 15.9. The zero-order valence-corrected chi connectivity index (χ0v) is 18.5. The molecule has 172 valence electrons. The fourth-order valence-electron chi connectivity index (χ4n) is 3.38. The summed E-state index contributed by atoms with van der Waals surface area (Å²) < 4.78 is 24.0. The first kappa shape index (κ1) is 23.8. The highest BCUT2D eigenvalue weighted by atomic mass is 19.1. The molecule has 1 amide bonds. The summed E-state index contributed by atoms with van der Waals surface area (Å²) in [7, 11) is 1.55. The number of carbonyl (C=O) groups excluding carboxylic acids is 1. The highest BCUT2D eigenvalue weighted by Gasteiger charge is 2.17. The third-order valence-electron chi connectivity index (χ3n) is 5.27. The number of carboxylic acids is 1. The Morgan fingerprint density at radius 1 is 1.00 bits per heavy atom. The van der Waals surface area contributed by atoms with Crippen molar-refractivity contribution in [1.82, 2.24) is 5.32 Å². The molecule has 33 heavy (non-hydrogen) atoms. The van der Waals surface area contributed by atoms with Gasteiger partial charge in [0.15, 0.2) is 0 Å². The van der Waals surface area contributed by atoms with E-state index in [1.165, 1.54) is 24.3 Å². The number of halogens is 1. The lowest BCUT2D eigenvalue weighted by molar-refractivity contribution is -0.141. The molecule has 3 aromatic carbocycles. The lowest BCUT2D eigenvalue weighted by atomic mass is 9.95. The van der Waals surface area contributed by atoms with Gasteiger partial charge < -0.3 is 19.9 Å². The second-order valence-corrected chi connectivity index (χ2v) is 7.56. The Balaban J connectivity index is 1.64. The molecular weight excluding hydrogens is 425 g/mol. The summed E-state index contributed by atoms with van der Waals surface area (Å²) in [5, 5.41) is 12.2. The van der Waals surface area contributed by atoms with Crippen molar-refractivity contribution >= 4 is 11.9 Å². The van der Waals surface area contributed by atoms with Crippen LogP contribution in [0.1, 0.15) is 34.8 Å². The van der Waals surface area contributed by atoms with Gasteiger partial charge in [-0.1, -0.05) is 19.1 Å². The van der Waals surface area contributed by atoms with E-state index in [1.807, 2.05) is 19.1 Å². The Kier molecular flexibility index (Phi) is 8.02. The van der Waals surface area contributed by atoms with E-state index in [9.17, 15) is 19.1 Å². The number of hydrogen-bond donors (Lipinski definition) is 2. The number of carbonyl (C=O) groups is 2. The van der Waals surface area contributed by atoms with Gasteiger partial charge in [-0.2, -0.15) is 0 Å². The molecule has 3 rings (SSSR count). The molecule has 0 spiro atoms. The molecule has 6 nitrogen and oxygen atoms in total. The summed E-state index contributed by atoms with van der Waals surface area (Å²) in [6.45, 7) is 2.08. The average molecular weight is 451 g/mol. The monoisotopic (exact) mass is 451 g/mol. The Bertz CT molecular complexity index is 1100. The van der Waals surface area contributed by atoms with Crippen molar-refractivity contribution in [2.45, 2.75) is 26.3 Å². The fraction of sp³-hybridized carbons (Fsp3) is 0.231. The van der Waals surface area contributed by atoms with Crippen molar-refractivity contribution in [3.8, 4) is 17.2 Å². The van der Waals surface area contributed by atoms with Crippen LogP contribution in [0.15, 0.2) is 66.7 Å². The Morgan fingerprint density at radius 2 is 1.64 bits per heavy atom. The minimum absolute atomic E-state index is 0.230. The highest BCUT2D eigenvalue weighted by molar-refractivity contribution is 5.94. The highest BCUT2D eigenvalue weighted by Crippen LogP contribution is 2.24. The van der Waals surface area contributed by atoms with Gasteiger partial charge in [-0.05, 0) is 73.0 Å². The van der Waals surface area contributed by atoms with Crippen LogP contribution in [0.2, 0.25) is 0 Å². The Morgan fingerprint density at radius 3 is 2.21 bits per heavy atom. The normalized spacial score (nSPS) is 11.5. The topological polar surface area (TPSA) is 84.9 Å². The van der Waals surface area contributed by atoms with E-state index in [1.54, 1.807) is 37.4 Å². The van der Waals surface area contributed by atoms with Crippen LogP contribution in [0.4, 0.5) is 4.39 Å². The molecule has 2 N–H and O–H groups in total.